The Labute approximate surface area is 179 Å². The molecular formula is C24H21NO6. The van der Waals surface area contributed by atoms with Gasteiger partial charge in [-0.15, -0.1) is 0 Å². The molecule has 0 aliphatic carbocycles. The second-order valence-electron chi connectivity index (χ2n) is 7.01. The summed E-state index contributed by atoms with van der Waals surface area (Å²) in [6.45, 7) is 0.0822. The molecule has 1 fully saturated rings. The minimum absolute atomic E-state index is 0.00924. The maximum absolute atomic E-state index is 13.0. The average Bonchev–Trinajstić information content (AvgIpc) is 3.41. The lowest BCUT2D eigenvalue weighted by Gasteiger charge is -2.24. The second-order valence-corrected chi connectivity index (χ2v) is 7.01. The summed E-state index contributed by atoms with van der Waals surface area (Å²) in [5, 5.41) is 11.1. The first-order chi connectivity index (χ1) is 15.0. The molecule has 1 atom stereocenters. The topological polar surface area (TPSA) is 89.2 Å². The van der Waals surface area contributed by atoms with Crippen LogP contribution in [0, 0.1) is 0 Å². The van der Waals surface area contributed by atoms with E-state index in [1.165, 1.54) is 25.4 Å². The number of furan rings is 1. The largest absolute Gasteiger partial charge is 0.507 e. The van der Waals surface area contributed by atoms with E-state index in [-0.39, 0.29) is 17.9 Å². The van der Waals surface area contributed by atoms with Gasteiger partial charge in [0.2, 0.25) is 0 Å². The van der Waals surface area contributed by atoms with Crippen LogP contribution in [0.25, 0.3) is 5.76 Å². The van der Waals surface area contributed by atoms with Gasteiger partial charge in [0.15, 0.2) is 0 Å². The maximum atomic E-state index is 13.0. The summed E-state index contributed by atoms with van der Waals surface area (Å²) in [6.07, 6.45) is 1.50. The summed E-state index contributed by atoms with van der Waals surface area (Å²) >= 11 is 0. The van der Waals surface area contributed by atoms with Crippen LogP contribution in [0.4, 0.5) is 0 Å². The van der Waals surface area contributed by atoms with E-state index in [9.17, 15) is 14.7 Å². The van der Waals surface area contributed by atoms with Gasteiger partial charge in [0.05, 0.1) is 38.6 Å². The number of nitrogens with zero attached hydrogens (tertiary/aromatic N) is 1. The predicted octanol–water partition coefficient (Wildman–Crippen LogP) is 3.92. The van der Waals surface area contributed by atoms with Crippen molar-refractivity contribution in [2.75, 3.05) is 14.2 Å². The smallest absolute Gasteiger partial charge is 0.296 e. The van der Waals surface area contributed by atoms with Gasteiger partial charge in [-0.3, -0.25) is 9.59 Å². The average molecular weight is 419 g/mol. The van der Waals surface area contributed by atoms with Gasteiger partial charge < -0.3 is 23.9 Å². The fourth-order valence-electron chi connectivity index (χ4n) is 3.68. The number of carbonyl (C=O) groups is 2. The molecule has 1 aliphatic rings. The number of rotatable bonds is 6. The predicted molar refractivity (Wildman–Crippen MR) is 113 cm³/mol. The number of hydrogen-bond donors (Lipinski definition) is 1. The number of aliphatic hydroxyl groups is 1. The first-order valence-corrected chi connectivity index (χ1v) is 9.62. The van der Waals surface area contributed by atoms with E-state index >= 15 is 0 Å². The Kier molecular flexibility index (Phi) is 5.49. The van der Waals surface area contributed by atoms with E-state index in [1.807, 2.05) is 0 Å². The molecular weight excluding hydrogens is 398 g/mol. The molecule has 7 heteroatoms. The molecule has 2 aromatic carbocycles. The Balaban J connectivity index is 1.86. The normalized spacial score (nSPS) is 17.7. The van der Waals surface area contributed by atoms with Crippen molar-refractivity contribution in [2.45, 2.75) is 12.6 Å². The molecule has 7 nitrogen and oxygen atoms in total. The number of carbonyl (C=O) groups excluding carboxylic acids is 2. The maximum Gasteiger partial charge on any atom is 0.296 e. The molecule has 0 radical (unpaired) electrons. The van der Waals surface area contributed by atoms with Crippen LogP contribution in [0.1, 0.15) is 22.9 Å². The van der Waals surface area contributed by atoms with E-state index < -0.39 is 17.7 Å². The summed E-state index contributed by atoms with van der Waals surface area (Å²) < 4.78 is 15.9. The van der Waals surface area contributed by atoms with E-state index in [1.54, 1.807) is 60.7 Å². The SMILES string of the molecule is COc1ccc(/C(O)=C2\C(=O)C(=O)N(Cc3ccco3)[C@H]2c2cccc(OC)c2)cc1. The highest BCUT2D eigenvalue weighted by Gasteiger charge is 2.46. The number of amides is 1. The highest BCUT2D eigenvalue weighted by Crippen LogP contribution is 2.41. The Hall–Kier alpha value is -4.00. The number of hydrogen-bond acceptors (Lipinski definition) is 6. The molecule has 31 heavy (non-hydrogen) atoms. The summed E-state index contributed by atoms with van der Waals surface area (Å²) in [6, 6.07) is 16.3. The molecule has 2 heterocycles. The Morgan fingerprint density at radius 3 is 2.39 bits per heavy atom. The van der Waals surface area contributed by atoms with Crippen molar-refractivity contribution >= 4 is 17.4 Å². The standard InChI is InChI=1S/C24H21NO6/c1-29-17-10-8-15(9-11-17)22(26)20-21(16-5-3-6-18(13-16)30-2)25(24(28)23(20)27)14-19-7-4-12-31-19/h3-13,21,26H,14H2,1-2H3/b22-20+/t21-/m0/s1. The molecule has 1 aromatic heterocycles. The number of aliphatic hydroxyl groups excluding tert-OH is 1. The van der Waals surface area contributed by atoms with Crippen LogP contribution in [-0.4, -0.2) is 35.9 Å². The highest BCUT2D eigenvalue weighted by atomic mass is 16.5. The second kappa shape index (κ2) is 8.39. The molecule has 1 saturated heterocycles. The molecule has 158 valence electrons. The van der Waals surface area contributed by atoms with Crippen molar-refractivity contribution in [2.24, 2.45) is 0 Å². The van der Waals surface area contributed by atoms with E-state index in [0.717, 1.165) is 0 Å². The third-order valence-electron chi connectivity index (χ3n) is 5.22. The lowest BCUT2D eigenvalue weighted by Crippen LogP contribution is -2.29. The van der Waals surface area contributed by atoms with Gasteiger partial charge in [-0.2, -0.15) is 0 Å². The number of benzene rings is 2. The van der Waals surface area contributed by atoms with E-state index in [4.69, 9.17) is 13.9 Å². The van der Waals surface area contributed by atoms with Gasteiger partial charge >= 0.3 is 0 Å². The zero-order valence-electron chi connectivity index (χ0n) is 17.1. The van der Waals surface area contributed by atoms with Crippen molar-refractivity contribution in [3.05, 3.63) is 89.4 Å². The molecule has 0 bridgehead atoms. The number of Topliss-reactive ketones (excluding diaryl/α,β-unsaturated/α-hetero) is 1. The third-order valence-corrected chi connectivity index (χ3v) is 5.22. The molecule has 0 saturated carbocycles. The fraction of sp³-hybridized carbons (Fsp3) is 0.167. The van der Waals surface area contributed by atoms with Crippen LogP contribution >= 0.6 is 0 Å². The quantitative estimate of drug-likeness (QED) is 0.370. The molecule has 1 amide bonds. The van der Waals surface area contributed by atoms with Crippen LogP contribution in [0.3, 0.4) is 0 Å². The van der Waals surface area contributed by atoms with Crippen LogP contribution in [0.2, 0.25) is 0 Å². The van der Waals surface area contributed by atoms with Crippen molar-refractivity contribution in [3.63, 3.8) is 0 Å². The summed E-state index contributed by atoms with van der Waals surface area (Å²) in [5.41, 5.74) is 1.06. The van der Waals surface area contributed by atoms with Gasteiger partial charge in [-0.05, 0) is 54.1 Å². The van der Waals surface area contributed by atoms with Gasteiger partial charge in [0, 0.05) is 5.56 Å². The van der Waals surface area contributed by atoms with Crippen LogP contribution < -0.4 is 9.47 Å². The molecule has 4 rings (SSSR count). The number of methoxy groups -OCH3 is 2. The Morgan fingerprint density at radius 1 is 1.00 bits per heavy atom. The van der Waals surface area contributed by atoms with Crippen LogP contribution in [0.5, 0.6) is 11.5 Å². The molecule has 0 unspecified atom stereocenters. The fourth-order valence-corrected chi connectivity index (χ4v) is 3.68. The molecule has 1 aliphatic heterocycles. The van der Waals surface area contributed by atoms with Crippen molar-refractivity contribution in [3.8, 4) is 11.5 Å². The minimum Gasteiger partial charge on any atom is -0.507 e. The van der Waals surface area contributed by atoms with Crippen molar-refractivity contribution in [1.82, 2.24) is 4.90 Å². The minimum atomic E-state index is -0.803. The zero-order chi connectivity index (χ0) is 22.0. The molecule has 3 aromatic rings. The van der Waals surface area contributed by atoms with Crippen LogP contribution in [-0.2, 0) is 16.1 Å². The van der Waals surface area contributed by atoms with Crippen molar-refractivity contribution in [1.29, 1.82) is 0 Å². The molecule has 1 N–H and O–H groups in total. The summed E-state index contributed by atoms with van der Waals surface area (Å²) in [4.78, 5) is 27.4. The van der Waals surface area contributed by atoms with E-state index in [0.29, 0.717) is 28.4 Å². The first-order valence-electron chi connectivity index (χ1n) is 9.62. The lowest BCUT2D eigenvalue weighted by molar-refractivity contribution is -0.140. The number of likely N-dealkylation sites (tertiary alicyclic amines) is 1. The number of ketones is 1. The molecule has 0 spiro atoms. The zero-order valence-corrected chi connectivity index (χ0v) is 17.1. The Morgan fingerprint density at radius 2 is 1.74 bits per heavy atom. The van der Waals surface area contributed by atoms with Crippen molar-refractivity contribution < 1.29 is 28.6 Å². The lowest BCUT2D eigenvalue weighted by atomic mass is 9.95. The van der Waals surface area contributed by atoms with Gasteiger partial charge in [0.1, 0.15) is 23.0 Å². The first kappa shape index (κ1) is 20.3. The number of ether oxygens (including phenoxy) is 2. The Bertz CT molecular complexity index is 1130. The van der Waals surface area contributed by atoms with Crippen LogP contribution in [0.15, 0.2) is 76.9 Å². The van der Waals surface area contributed by atoms with E-state index in [2.05, 4.69) is 0 Å². The monoisotopic (exact) mass is 419 g/mol. The van der Waals surface area contributed by atoms with Gasteiger partial charge in [-0.1, -0.05) is 12.1 Å². The third kappa shape index (κ3) is 3.77. The van der Waals surface area contributed by atoms with Gasteiger partial charge in [0.25, 0.3) is 11.7 Å². The van der Waals surface area contributed by atoms with Gasteiger partial charge in [-0.25, -0.2) is 0 Å². The summed E-state index contributed by atoms with van der Waals surface area (Å²) in [5.74, 6) is -0.00771. The highest BCUT2D eigenvalue weighted by molar-refractivity contribution is 6.46. The summed E-state index contributed by atoms with van der Waals surface area (Å²) in [7, 11) is 3.08.